The molecule has 14 heteroatoms. The molecule has 8 nitrogen and oxygen atoms in total. The van der Waals surface area contributed by atoms with Crippen LogP contribution in [-0.4, -0.2) is 58.9 Å². The fourth-order valence-corrected chi connectivity index (χ4v) is 5.55. The number of hydrogen-bond acceptors (Lipinski definition) is 7. The maximum Gasteiger partial charge on any atom is 0.416 e. The van der Waals surface area contributed by atoms with Gasteiger partial charge < -0.3 is 15.2 Å². The van der Waals surface area contributed by atoms with Gasteiger partial charge in [0, 0.05) is 42.5 Å². The number of nitrogens with zero attached hydrogens (tertiary/aromatic N) is 3. The van der Waals surface area contributed by atoms with Crippen molar-refractivity contribution in [3.8, 4) is 0 Å². The highest BCUT2D eigenvalue weighted by Crippen LogP contribution is 2.42. The number of ether oxygens (including phenoxy) is 2. The second-order valence-electron chi connectivity index (χ2n) is 8.34. The van der Waals surface area contributed by atoms with E-state index in [9.17, 15) is 30.4 Å². The zero-order chi connectivity index (χ0) is 23.7. The summed E-state index contributed by atoms with van der Waals surface area (Å²) in [5.41, 5.74) is 5.53. The van der Waals surface area contributed by atoms with Crippen LogP contribution in [0.15, 0.2) is 24.4 Å². The van der Waals surface area contributed by atoms with Crippen molar-refractivity contribution in [3.63, 3.8) is 0 Å². The molecule has 33 heavy (non-hydrogen) atoms. The van der Waals surface area contributed by atoms with Crippen LogP contribution >= 0.6 is 0 Å². The van der Waals surface area contributed by atoms with Crippen LogP contribution in [0.1, 0.15) is 29.3 Å². The molecular weight excluding hydrogens is 475 g/mol. The van der Waals surface area contributed by atoms with E-state index in [2.05, 4.69) is 5.10 Å². The van der Waals surface area contributed by atoms with E-state index < -0.39 is 57.6 Å². The van der Waals surface area contributed by atoms with Crippen molar-refractivity contribution in [2.24, 2.45) is 5.73 Å². The average Bonchev–Trinajstić information content (AvgIpc) is 3.40. The quantitative estimate of drug-likeness (QED) is 0.511. The molecule has 2 aromatic rings. The maximum absolute atomic E-state index is 14.2. The molecule has 1 unspecified atom stereocenters. The van der Waals surface area contributed by atoms with Gasteiger partial charge >= 0.3 is 6.18 Å². The van der Waals surface area contributed by atoms with Crippen LogP contribution < -0.4 is 5.73 Å². The monoisotopic (exact) mass is 494 g/mol. The van der Waals surface area contributed by atoms with Gasteiger partial charge in [-0.3, -0.25) is 4.90 Å². The first kappa shape index (κ1) is 22.7. The zero-order valence-corrected chi connectivity index (χ0v) is 17.7. The van der Waals surface area contributed by atoms with Crippen LogP contribution in [0.25, 0.3) is 0 Å². The first-order valence-corrected chi connectivity index (χ1v) is 11.6. The molecule has 1 aromatic carbocycles. The van der Waals surface area contributed by atoms with Gasteiger partial charge in [-0.2, -0.15) is 22.4 Å². The second kappa shape index (κ2) is 7.70. The molecule has 2 fully saturated rings. The highest BCUT2D eigenvalue weighted by molar-refractivity contribution is 7.90. The Bertz CT molecular complexity index is 1160. The Kier molecular flexibility index (Phi) is 5.28. The predicted octanol–water partition coefficient (Wildman–Crippen LogP) is 1.80. The van der Waals surface area contributed by atoms with Crippen molar-refractivity contribution < 1.29 is 39.8 Å². The lowest BCUT2D eigenvalue weighted by Gasteiger charge is -2.44. The van der Waals surface area contributed by atoms with Gasteiger partial charge in [-0.1, -0.05) is 0 Å². The number of rotatable bonds is 4. The molecule has 0 spiro atoms. The van der Waals surface area contributed by atoms with E-state index in [-0.39, 0.29) is 31.7 Å². The topological polar surface area (TPSA) is 103 Å². The van der Waals surface area contributed by atoms with Gasteiger partial charge in [-0.15, -0.1) is 0 Å². The Balaban J connectivity index is 1.38. The molecule has 0 radical (unpaired) electrons. The van der Waals surface area contributed by atoms with Crippen LogP contribution in [-0.2, 0) is 32.6 Å². The highest BCUT2D eigenvalue weighted by atomic mass is 32.2. The van der Waals surface area contributed by atoms with Crippen LogP contribution in [0.2, 0.25) is 0 Å². The Morgan fingerprint density at radius 1 is 1.18 bits per heavy atom. The van der Waals surface area contributed by atoms with Crippen molar-refractivity contribution in [2.45, 2.75) is 55.4 Å². The number of benzene rings is 1. The zero-order valence-electron chi connectivity index (χ0n) is 16.9. The molecule has 2 saturated heterocycles. The molecule has 0 bridgehead atoms. The summed E-state index contributed by atoms with van der Waals surface area (Å²) in [7, 11) is -3.80. The third kappa shape index (κ3) is 4.03. The van der Waals surface area contributed by atoms with Crippen molar-refractivity contribution in [1.82, 2.24) is 14.1 Å². The van der Waals surface area contributed by atoms with E-state index >= 15 is 0 Å². The Hall–Kier alpha value is -2.13. The summed E-state index contributed by atoms with van der Waals surface area (Å²) in [6, 6.07) is 0.192. The fraction of sp³-hybridized carbons (Fsp3) is 0.526. The van der Waals surface area contributed by atoms with Gasteiger partial charge in [0.15, 0.2) is 6.10 Å². The normalized spacial score (nSPS) is 30.4. The van der Waals surface area contributed by atoms with E-state index in [1.165, 1.54) is 11.1 Å². The summed E-state index contributed by atoms with van der Waals surface area (Å²) in [6.07, 6.45) is -7.54. The van der Waals surface area contributed by atoms with Crippen LogP contribution in [0.4, 0.5) is 22.0 Å². The van der Waals surface area contributed by atoms with Gasteiger partial charge in [0.25, 0.3) is 10.0 Å². The van der Waals surface area contributed by atoms with Gasteiger partial charge in [-0.25, -0.2) is 17.2 Å². The van der Waals surface area contributed by atoms with Gasteiger partial charge in [0.2, 0.25) is 5.44 Å². The largest absolute Gasteiger partial charge is 0.416 e. The Morgan fingerprint density at radius 2 is 1.91 bits per heavy atom. The molecule has 2 N–H and O–H groups in total. The first-order valence-electron chi connectivity index (χ1n) is 10.1. The summed E-state index contributed by atoms with van der Waals surface area (Å²) >= 11 is 0. The van der Waals surface area contributed by atoms with E-state index in [0.717, 1.165) is 22.3 Å². The standard InChI is InChI=1S/C19H19F5N4O4S/c20-10-1-2-12(21)11(3-10)17-13(25)4-15(18(32-17)19(22,23)24)27-5-9-6-28(26-14(9)7-27)33(29,30)16-8-31-16/h1-3,6,13,15-18H,4-5,7-8,25H2/t13-,15+,16?,17+,18+/m0/s1. The second-order valence-corrected chi connectivity index (χ2v) is 10.3. The van der Waals surface area contributed by atoms with E-state index in [4.69, 9.17) is 15.2 Å². The highest BCUT2D eigenvalue weighted by Gasteiger charge is 2.54. The average molecular weight is 494 g/mol. The van der Waals surface area contributed by atoms with E-state index in [1.54, 1.807) is 0 Å². The number of nitrogens with two attached hydrogens (primary N) is 1. The number of alkyl halides is 3. The lowest BCUT2D eigenvalue weighted by molar-refractivity contribution is -0.269. The molecule has 3 aliphatic heterocycles. The summed E-state index contributed by atoms with van der Waals surface area (Å²) in [6.45, 7) is 0.0228. The van der Waals surface area contributed by atoms with Gasteiger partial charge in [-0.05, 0) is 24.6 Å². The van der Waals surface area contributed by atoms with Crippen molar-refractivity contribution in [2.75, 3.05) is 6.61 Å². The summed E-state index contributed by atoms with van der Waals surface area (Å²) in [4.78, 5) is 1.46. The Morgan fingerprint density at radius 3 is 2.55 bits per heavy atom. The molecule has 0 amide bonds. The SMILES string of the molecule is N[C@H]1C[C@@H](N2Cc3cn(S(=O)(=O)C4CO4)nc3C2)[C@H](C(F)(F)F)O[C@@H]1c1cc(F)ccc1F. The molecule has 3 aliphatic rings. The van der Waals surface area contributed by atoms with Crippen molar-refractivity contribution >= 4 is 10.0 Å². The van der Waals surface area contributed by atoms with E-state index in [1.807, 2.05) is 0 Å². The number of halogens is 5. The first-order chi connectivity index (χ1) is 15.4. The van der Waals surface area contributed by atoms with Gasteiger partial charge in [0.1, 0.15) is 17.7 Å². The Labute approximate surface area is 185 Å². The summed E-state index contributed by atoms with van der Waals surface area (Å²) in [5, 5.41) is 4.02. The molecule has 5 atom stereocenters. The van der Waals surface area contributed by atoms with Crippen LogP contribution in [0, 0.1) is 11.6 Å². The summed E-state index contributed by atoms with van der Waals surface area (Å²) in [5.74, 6) is -1.73. The molecule has 0 aliphatic carbocycles. The molecule has 180 valence electrons. The molecule has 0 saturated carbocycles. The third-order valence-electron chi connectivity index (χ3n) is 6.08. The lowest BCUT2D eigenvalue weighted by Crippen LogP contribution is -2.58. The number of epoxide rings is 1. The van der Waals surface area contributed by atoms with Crippen molar-refractivity contribution in [3.05, 3.63) is 52.9 Å². The molecule has 1 aromatic heterocycles. The number of fused-ring (bicyclic) bond motifs is 1. The van der Waals surface area contributed by atoms with Gasteiger partial charge in [0.05, 0.1) is 12.3 Å². The lowest BCUT2D eigenvalue weighted by atomic mass is 9.89. The van der Waals surface area contributed by atoms with Crippen LogP contribution in [0.3, 0.4) is 0 Å². The van der Waals surface area contributed by atoms with Crippen LogP contribution in [0.5, 0.6) is 0 Å². The fourth-order valence-electron chi connectivity index (χ4n) is 4.40. The smallest absolute Gasteiger partial charge is 0.357 e. The third-order valence-corrected chi connectivity index (χ3v) is 7.72. The van der Waals surface area contributed by atoms with E-state index in [0.29, 0.717) is 11.3 Å². The maximum atomic E-state index is 14.2. The molecule has 4 heterocycles. The summed E-state index contributed by atoms with van der Waals surface area (Å²) < 4.78 is 105. The minimum Gasteiger partial charge on any atom is -0.357 e. The minimum absolute atomic E-state index is 0.00268. The molecule has 5 rings (SSSR count). The predicted molar refractivity (Wildman–Crippen MR) is 102 cm³/mol. The minimum atomic E-state index is -4.81. The number of aromatic nitrogens is 2. The number of hydrogen-bond donors (Lipinski definition) is 1. The molecular formula is C19H19F5N4O4S. The van der Waals surface area contributed by atoms with Crippen molar-refractivity contribution in [1.29, 1.82) is 0 Å².